The van der Waals surface area contributed by atoms with Crippen molar-refractivity contribution in [2.45, 2.75) is 90.5 Å². The van der Waals surface area contributed by atoms with Gasteiger partial charge >= 0.3 is 0 Å². The third-order valence-electron chi connectivity index (χ3n) is 8.20. The number of fused-ring (bicyclic) bond motifs is 1. The first kappa shape index (κ1) is 30.0. The maximum absolute atomic E-state index is 7.02. The second kappa shape index (κ2) is 12.5. The average molecular weight is 551 g/mol. The highest BCUT2D eigenvalue weighted by molar-refractivity contribution is 7.98. The minimum Gasteiger partial charge on any atom is -0.543 e. The Kier molecular flexibility index (Phi) is 10.1. The molecule has 2 aromatic rings. The molecule has 1 aliphatic heterocycles. The maximum Gasteiger partial charge on any atom is 0.251 e. The summed E-state index contributed by atoms with van der Waals surface area (Å²) >= 11 is 1.81. The van der Waals surface area contributed by atoms with Crippen LogP contribution in [-0.4, -0.2) is 50.5 Å². The number of methoxy groups -OCH3 is 1. The molecule has 3 N–H and O–H groups in total. The van der Waals surface area contributed by atoms with Gasteiger partial charge in [0.2, 0.25) is 5.89 Å². The normalized spacial score (nSPS) is 20.5. The van der Waals surface area contributed by atoms with Gasteiger partial charge in [0, 0.05) is 42.3 Å². The van der Waals surface area contributed by atoms with E-state index in [1.165, 1.54) is 5.56 Å². The molecule has 10 heteroatoms. The highest BCUT2D eigenvalue weighted by Gasteiger charge is 2.45. The maximum atomic E-state index is 7.02. The van der Waals surface area contributed by atoms with Crippen molar-refractivity contribution in [3.8, 4) is 11.5 Å². The molecule has 2 heterocycles. The van der Waals surface area contributed by atoms with E-state index < -0.39 is 8.32 Å². The second-order valence-electron chi connectivity index (χ2n) is 11.4. The molecule has 1 aromatic carbocycles. The number of nitrogens with zero attached hydrogens (tertiary/aromatic N) is 2. The summed E-state index contributed by atoms with van der Waals surface area (Å²) in [6.07, 6.45) is 0.750. The molecule has 37 heavy (non-hydrogen) atoms. The van der Waals surface area contributed by atoms with Gasteiger partial charge in [-0.3, -0.25) is 0 Å². The lowest BCUT2D eigenvalue weighted by atomic mass is 9.99. The number of hydrogen-bond donors (Lipinski definition) is 2. The molecule has 208 valence electrons. The number of rotatable bonds is 6. The van der Waals surface area contributed by atoms with Gasteiger partial charge in [-0.2, -0.15) is 16.7 Å². The van der Waals surface area contributed by atoms with E-state index in [1.54, 1.807) is 7.11 Å². The molecule has 0 aliphatic carbocycles. The van der Waals surface area contributed by atoms with Gasteiger partial charge in [0.05, 0.1) is 19.8 Å². The molecule has 8 nitrogen and oxygen atoms in total. The minimum atomic E-state index is -2.17. The molecular formula is C27H46N4O4SSi. The van der Waals surface area contributed by atoms with Crippen LogP contribution in [0, 0.1) is 19.8 Å². The number of hydrogen-bond acceptors (Lipinski definition) is 9. The standard InChI is InChI=1S/C27H46N4O4SSi/c1-17(2)27(5,6)37(8,9)35-25-12-24(32-7)18(3)21-14-33-11-10-20(28)13-29-23(16-36-15-22(21)25)26-30-19(4)31-34-26/h12,17,20,23,29H,10-11,13-16,28H2,1-9H3/t20-,23-/m0/s1. The van der Waals surface area contributed by atoms with E-state index in [0.717, 1.165) is 40.6 Å². The first-order valence-electron chi connectivity index (χ1n) is 13.2. The zero-order valence-electron chi connectivity index (χ0n) is 24.1. The monoisotopic (exact) mass is 550 g/mol. The van der Waals surface area contributed by atoms with Crippen LogP contribution in [0.2, 0.25) is 18.1 Å². The van der Waals surface area contributed by atoms with Crippen LogP contribution in [0.15, 0.2) is 10.6 Å². The number of nitrogens with two attached hydrogens (primary N) is 1. The molecule has 0 fully saturated rings. The van der Waals surface area contributed by atoms with Crippen molar-refractivity contribution in [2.75, 3.05) is 26.0 Å². The molecular weight excluding hydrogens is 504 g/mol. The van der Waals surface area contributed by atoms with Crippen LogP contribution in [0.5, 0.6) is 11.5 Å². The zero-order chi connectivity index (χ0) is 27.4. The fourth-order valence-corrected chi connectivity index (χ4v) is 7.87. The predicted molar refractivity (Wildman–Crippen MR) is 153 cm³/mol. The number of benzene rings is 1. The zero-order valence-corrected chi connectivity index (χ0v) is 25.9. The predicted octanol–water partition coefficient (Wildman–Crippen LogP) is 5.53. The lowest BCUT2D eigenvalue weighted by Crippen LogP contribution is -2.48. The van der Waals surface area contributed by atoms with Crippen LogP contribution in [-0.2, 0) is 17.1 Å². The second-order valence-corrected chi connectivity index (χ2v) is 16.9. The lowest BCUT2D eigenvalue weighted by Gasteiger charge is -2.43. The van der Waals surface area contributed by atoms with E-state index in [2.05, 4.69) is 69.2 Å². The average Bonchev–Trinajstić information content (AvgIpc) is 3.26. The molecule has 3 rings (SSSR count). The van der Waals surface area contributed by atoms with Crippen LogP contribution < -0.4 is 20.2 Å². The van der Waals surface area contributed by atoms with E-state index in [0.29, 0.717) is 37.4 Å². The summed E-state index contributed by atoms with van der Waals surface area (Å²) in [5.41, 5.74) is 9.78. The highest BCUT2D eigenvalue weighted by atomic mass is 32.2. The van der Waals surface area contributed by atoms with E-state index >= 15 is 0 Å². The first-order valence-corrected chi connectivity index (χ1v) is 17.3. The molecule has 0 bridgehead atoms. The topological polar surface area (TPSA) is 105 Å². The van der Waals surface area contributed by atoms with Crippen molar-refractivity contribution in [1.82, 2.24) is 15.5 Å². The van der Waals surface area contributed by atoms with E-state index in [1.807, 2.05) is 18.7 Å². The van der Waals surface area contributed by atoms with Gasteiger partial charge in [0.15, 0.2) is 5.82 Å². The Morgan fingerprint density at radius 3 is 2.57 bits per heavy atom. The van der Waals surface area contributed by atoms with Crippen LogP contribution in [0.3, 0.4) is 0 Å². The first-order chi connectivity index (χ1) is 17.4. The Hall–Kier alpha value is -1.59. The number of aryl methyl sites for hydroxylation is 1. The van der Waals surface area contributed by atoms with Crippen molar-refractivity contribution >= 4 is 20.1 Å². The number of thioether (sulfide) groups is 1. The molecule has 0 radical (unpaired) electrons. The summed E-state index contributed by atoms with van der Waals surface area (Å²) in [5.74, 6) is 4.99. The quantitative estimate of drug-likeness (QED) is 0.449. The summed E-state index contributed by atoms with van der Waals surface area (Å²) < 4.78 is 24.5. The number of ether oxygens (including phenoxy) is 2. The van der Waals surface area contributed by atoms with Crippen molar-refractivity contribution in [2.24, 2.45) is 11.7 Å². The number of aromatic nitrogens is 2. The Morgan fingerprint density at radius 1 is 1.22 bits per heavy atom. The van der Waals surface area contributed by atoms with Crippen LogP contribution in [0.4, 0.5) is 0 Å². The van der Waals surface area contributed by atoms with Gasteiger partial charge in [-0.05, 0) is 55.4 Å². The summed E-state index contributed by atoms with van der Waals surface area (Å²) in [6.45, 7) is 19.5. The van der Waals surface area contributed by atoms with Crippen molar-refractivity contribution in [1.29, 1.82) is 0 Å². The van der Waals surface area contributed by atoms with Gasteiger partial charge in [0.25, 0.3) is 8.32 Å². The largest absolute Gasteiger partial charge is 0.543 e. The van der Waals surface area contributed by atoms with E-state index in [4.69, 9.17) is 24.2 Å². The summed E-state index contributed by atoms with van der Waals surface area (Å²) in [5, 5.41) is 7.61. The SMILES string of the molecule is COc1cc(O[Si](C)(C)C(C)(C)C(C)C)c2c(c1C)COCC[C@H](N)CN[C@H](c1nc(C)no1)CSC2. The van der Waals surface area contributed by atoms with E-state index in [-0.39, 0.29) is 17.1 Å². The molecule has 2 atom stereocenters. The van der Waals surface area contributed by atoms with Gasteiger partial charge in [-0.15, -0.1) is 0 Å². The smallest absolute Gasteiger partial charge is 0.251 e. The summed E-state index contributed by atoms with van der Waals surface area (Å²) in [4.78, 5) is 4.48. The Labute approximate surface area is 227 Å². The third-order valence-corrected chi connectivity index (χ3v) is 13.7. The fourth-order valence-electron chi connectivity index (χ4n) is 4.35. The molecule has 0 unspecified atom stereocenters. The van der Waals surface area contributed by atoms with Gasteiger partial charge in [-0.1, -0.05) is 32.9 Å². The lowest BCUT2D eigenvalue weighted by molar-refractivity contribution is 0.112. The van der Waals surface area contributed by atoms with Crippen molar-refractivity contribution in [3.63, 3.8) is 0 Å². The molecule has 0 amide bonds. The van der Waals surface area contributed by atoms with Crippen molar-refractivity contribution < 1.29 is 18.4 Å². The molecule has 0 saturated carbocycles. The molecule has 0 saturated heterocycles. The Morgan fingerprint density at radius 2 is 1.95 bits per heavy atom. The molecule has 1 aromatic heterocycles. The highest BCUT2D eigenvalue weighted by Crippen LogP contribution is 2.47. The van der Waals surface area contributed by atoms with Crippen molar-refractivity contribution in [3.05, 3.63) is 34.5 Å². The summed E-state index contributed by atoms with van der Waals surface area (Å²) in [7, 11) is -0.447. The van der Waals surface area contributed by atoms with Gasteiger partial charge in [0.1, 0.15) is 11.5 Å². The van der Waals surface area contributed by atoms with Crippen LogP contribution >= 0.6 is 11.8 Å². The third kappa shape index (κ3) is 7.09. The van der Waals surface area contributed by atoms with E-state index in [9.17, 15) is 0 Å². The fraction of sp³-hybridized carbons (Fsp3) is 0.704. The van der Waals surface area contributed by atoms with Crippen LogP contribution in [0.25, 0.3) is 0 Å². The Bertz CT molecular complexity index is 1040. The Balaban J connectivity index is 2.01. The minimum absolute atomic E-state index is 0.0351. The van der Waals surface area contributed by atoms with Crippen LogP contribution in [0.1, 0.15) is 68.6 Å². The number of nitrogens with one attached hydrogen (secondary N) is 1. The molecule has 1 aliphatic rings. The molecule has 0 spiro atoms. The summed E-state index contributed by atoms with van der Waals surface area (Å²) in [6, 6.07) is 1.95. The van der Waals surface area contributed by atoms with Gasteiger partial charge in [-0.25, -0.2) is 0 Å². The van der Waals surface area contributed by atoms with Gasteiger partial charge < -0.3 is 29.5 Å².